The number of ether oxygens (including phenoxy) is 1. The lowest BCUT2D eigenvalue weighted by molar-refractivity contribution is -0.137. The number of aryl methyl sites for hydroxylation is 1. The number of alkyl halides is 3. The number of para-hydroxylation sites is 1. The monoisotopic (exact) mass is 476 g/mol. The van der Waals surface area contributed by atoms with Crippen molar-refractivity contribution in [3.8, 4) is 5.75 Å². The van der Waals surface area contributed by atoms with Crippen LogP contribution in [0.15, 0.2) is 66.3 Å². The van der Waals surface area contributed by atoms with Gasteiger partial charge in [-0.3, -0.25) is 9.36 Å². The number of anilines is 1. The molecule has 1 atom stereocenters. The first-order valence-corrected chi connectivity index (χ1v) is 11.0. The highest BCUT2D eigenvalue weighted by molar-refractivity contribution is 7.99. The van der Waals surface area contributed by atoms with Gasteiger partial charge in [-0.05, 0) is 43.7 Å². The minimum absolute atomic E-state index is 0.0570. The summed E-state index contributed by atoms with van der Waals surface area (Å²) >= 11 is 1.12. The van der Waals surface area contributed by atoms with Crippen LogP contribution in [0.25, 0.3) is 0 Å². The molecule has 1 unspecified atom stereocenters. The van der Waals surface area contributed by atoms with Gasteiger partial charge in [0.05, 0.1) is 11.3 Å². The van der Waals surface area contributed by atoms with E-state index in [0.29, 0.717) is 17.5 Å². The first-order chi connectivity index (χ1) is 15.7. The van der Waals surface area contributed by atoms with E-state index in [1.165, 1.54) is 12.1 Å². The second-order valence-electron chi connectivity index (χ2n) is 7.18. The molecule has 1 N–H and O–H groups in total. The van der Waals surface area contributed by atoms with Crippen molar-refractivity contribution in [1.29, 1.82) is 0 Å². The number of halogens is 3. The minimum Gasteiger partial charge on any atom is -0.482 e. The fraction of sp³-hybridized carbons (Fsp3) is 0.261. The van der Waals surface area contributed by atoms with Gasteiger partial charge in [-0.15, -0.1) is 16.8 Å². The quantitative estimate of drug-likeness (QED) is 0.319. The molecule has 174 valence electrons. The molecule has 0 fully saturated rings. The van der Waals surface area contributed by atoms with Gasteiger partial charge in [0.1, 0.15) is 5.75 Å². The molecule has 0 saturated heterocycles. The molecule has 1 amide bonds. The summed E-state index contributed by atoms with van der Waals surface area (Å²) < 4.78 is 46.4. The number of rotatable bonds is 9. The first-order valence-electron chi connectivity index (χ1n) is 10.0. The zero-order valence-corrected chi connectivity index (χ0v) is 18.9. The fourth-order valence-corrected chi connectivity index (χ4v) is 3.80. The number of aromatic nitrogens is 3. The van der Waals surface area contributed by atoms with Crippen LogP contribution in [0.5, 0.6) is 5.75 Å². The lowest BCUT2D eigenvalue weighted by atomic mass is 10.2. The number of carbonyl (C=O) groups is 1. The average Bonchev–Trinajstić information content (AvgIpc) is 3.16. The number of thioether (sulfide) groups is 1. The highest BCUT2D eigenvalue weighted by Gasteiger charge is 2.30. The van der Waals surface area contributed by atoms with Gasteiger partial charge in [-0.1, -0.05) is 42.1 Å². The normalized spacial score (nSPS) is 12.3. The third kappa shape index (κ3) is 6.38. The number of nitrogens with zero attached hydrogens (tertiary/aromatic N) is 3. The van der Waals surface area contributed by atoms with E-state index in [2.05, 4.69) is 22.1 Å². The number of nitrogens with one attached hydrogen (secondary N) is 1. The van der Waals surface area contributed by atoms with E-state index in [1.807, 2.05) is 38.1 Å². The number of hydrogen-bond acceptors (Lipinski definition) is 5. The van der Waals surface area contributed by atoms with Crippen LogP contribution in [0.3, 0.4) is 0 Å². The maximum atomic E-state index is 12.9. The van der Waals surface area contributed by atoms with Crippen molar-refractivity contribution >= 4 is 23.4 Å². The van der Waals surface area contributed by atoms with Gasteiger partial charge in [0.25, 0.3) is 0 Å². The summed E-state index contributed by atoms with van der Waals surface area (Å²) in [4.78, 5) is 12.3. The summed E-state index contributed by atoms with van der Waals surface area (Å²) in [5, 5.41) is 11.3. The summed E-state index contributed by atoms with van der Waals surface area (Å²) in [5.41, 5.74) is 0.231. The molecule has 0 saturated carbocycles. The average molecular weight is 477 g/mol. The van der Waals surface area contributed by atoms with Crippen LogP contribution < -0.4 is 10.1 Å². The van der Waals surface area contributed by atoms with Crippen LogP contribution in [0.1, 0.15) is 30.0 Å². The zero-order valence-electron chi connectivity index (χ0n) is 18.1. The predicted molar refractivity (Wildman–Crippen MR) is 121 cm³/mol. The van der Waals surface area contributed by atoms with Crippen LogP contribution in [-0.4, -0.2) is 26.4 Å². The molecule has 1 aromatic heterocycles. The van der Waals surface area contributed by atoms with Gasteiger partial charge in [-0.2, -0.15) is 13.2 Å². The molecule has 2 aromatic carbocycles. The van der Waals surface area contributed by atoms with Crippen molar-refractivity contribution in [2.75, 3.05) is 11.1 Å². The topological polar surface area (TPSA) is 69.0 Å². The van der Waals surface area contributed by atoms with E-state index in [1.54, 1.807) is 10.6 Å². The largest absolute Gasteiger partial charge is 0.482 e. The SMILES string of the molecule is C=CCn1c(SCC(=O)Nc2cccc(C(F)(F)F)c2)nnc1C(C)Oc1ccccc1C. The molecule has 33 heavy (non-hydrogen) atoms. The second kappa shape index (κ2) is 10.6. The van der Waals surface area contributed by atoms with Crippen LogP contribution in [0.2, 0.25) is 0 Å². The summed E-state index contributed by atoms with van der Waals surface area (Å²) in [6, 6.07) is 12.1. The molecule has 10 heteroatoms. The summed E-state index contributed by atoms with van der Waals surface area (Å²) in [7, 11) is 0. The Hall–Kier alpha value is -3.27. The van der Waals surface area contributed by atoms with Gasteiger partial charge < -0.3 is 10.1 Å². The van der Waals surface area contributed by atoms with Crippen LogP contribution in [-0.2, 0) is 17.5 Å². The molecule has 0 aliphatic heterocycles. The molecule has 0 aliphatic carbocycles. The maximum absolute atomic E-state index is 12.9. The Balaban J connectivity index is 1.67. The van der Waals surface area contributed by atoms with Crippen molar-refractivity contribution in [2.45, 2.75) is 37.8 Å². The Morgan fingerprint density at radius 2 is 2.00 bits per heavy atom. The number of hydrogen-bond donors (Lipinski definition) is 1. The van der Waals surface area contributed by atoms with E-state index in [-0.39, 0.29) is 11.4 Å². The van der Waals surface area contributed by atoms with Crippen molar-refractivity contribution in [3.63, 3.8) is 0 Å². The van der Waals surface area contributed by atoms with Gasteiger partial charge in [0.15, 0.2) is 17.1 Å². The Kier molecular flexibility index (Phi) is 7.80. The summed E-state index contributed by atoms with van der Waals surface area (Å²) in [6.45, 7) is 7.96. The molecule has 3 aromatic rings. The van der Waals surface area contributed by atoms with Crippen molar-refractivity contribution in [1.82, 2.24) is 14.8 Å². The molecule has 0 spiro atoms. The zero-order chi connectivity index (χ0) is 24.0. The van der Waals surface area contributed by atoms with Gasteiger partial charge >= 0.3 is 6.18 Å². The third-order valence-corrected chi connectivity index (χ3v) is 5.59. The van der Waals surface area contributed by atoms with E-state index in [0.717, 1.165) is 35.2 Å². The Morgan fingerprint density at radius 3 is 2.70 bits per heavy atom. The lowest BCUT2D eigenvalue weighted by Gasteiger charge is -2.17. The van der Waals surface area contributed by atoms with Crippen molar-refractivity contribution < 1.29 is 22.7 Å². The van der Waals surface area contributed by atoms with Crippen molar-refractivity contribution in [2.24, 2.45) is 0 Å². The highest BCUT2D eigenvalue weighted by atomic mass is 32.2. The Bertz CT molecular complexity index is 1130. The predicted octanol–water partition coefficient (Wildman–Crippen LogP) is 5.66. The number of amides is 1. The molecule has 0 bridgehead atoms. The van der Waals surface area contributed by atoms with Crippen molar-refractivity contribution in [3.05, 3.63) is 78.1 Å². The van der Waals surface area contributed by atoms with Crippen LogP contribution in [0.4, 0.5) is 18.9 Å². The van der Waals surface area contributed by atoms with Gasteiger partial charge in [0.2, 0.25) is 5.91 Å². The summed E-state index contributed by atoms with van der Waals surface area (Å²) in [6.07, 6.45) is -3.21. The van der Waals surface area contributed by atoms with E-state index in [9.17, 15) is 18.0 Å². The highest BCUT2D eigenvalue weighted by Crippen LogP contribution is 2.31. The first kappa shape index (κ1) is 24.4. The molecule has 6 nitrogen and oxygen atoms in total. The minimum atomic E-state index is -4.48. The van der Waals surface area contributed by atoms with Gasteiger partial charge in [0, 0.05) is 12.2 Å². The summed E-state index contributed by atoms with van der Waals surface area (Å²) in [5.74, 6) is 0.781. The number of benzene rings is 2. The fourth-order valence-electron chi connectivity index (χ4n) is 3.04. The Morgan fingerprint density at radius 1 is 1.24 bits per heavy atom. The second-order valence-corrected chi connectivity index (χ2v) is 8.12. The molecular formula is C23H23F3N4O2S. The number of carbonyl (C=O) groups excluding carboxylic acids is 1. The van der Waals surface area contributed by atoms with E-state index < -0.39 is 23.8 Å². The Labute approximate surface area is 193 Å². The van der Waals surface area contributed by atoms with Gasteiger partial charge in [-0.25, -0.2) is 0 Å². The van der Waals surface area contributed by atoms with Crippen LogP contribution >= 0.6 is 11.8 Å². The lowest BCUT2D eigenvalue weighted by Crippen LogP contribution is -2.16. The number of allylic oxidation sites excluding steroid dienone is 1. The third-order valence-electron chi connectivity index (χ3n) is 4.62. The van der Waals surface area contributed by atoms with Crippen LogP contribution in [0, 0.1) is 6.92 Å². The maximum Gasteiger partial charge on any atom is 0.416 e. The molecular weight excluding hydrogens is 453 g/mol. The van der Waals surface area contributed by atoms with E-state index >= 15 is 0 Å². The molecule has 1 heterocycles. The standard InChI is InChI=1S/C23H23F3N4O2S/c1-4-12-30-21(16(3)32-19-11-6-5-8-15(19)2)28-29-22(30)33-14-20(31)27-18-10-7-9-17(13-18)23(24,25)26/h4-11,13,16H,1,12,14H2,2-3H3,(H,27,31). The van der Waals surface area contributed by atoms with E-state index in [4.69, 9.17) is 4.74 Å². The molecule has 0 aliphatic rings. The molecule has 0 radical (unpaired) electrons. The smallest absolute Gasteiger partial charge is 0.416 e. The molecule has 3 rings (SSSR count).